The Bertz CT molecular complexity index is 1450. The molecule has 10 heteroatoms. The van der Waals surface area contributed by atoms with Crippen molar-refractivity contribution in [2.75, 3.05) is 11.4 Å². The first-order valence-corrected chi connectivity index (χ1v) is 9.86. The number of fused-ring (bicyclic) bond motifs is 2. The fourth-order valence-electron chi connectivity index (χ4n) is 3.96. The molecule has 5 aromatic rings. The van der Waals surface area contributed by atoms with Gasteiger partial charge in [-0.05, 0) is 24.6 Å². The summed E-state index contributed by atoms with van der Waals surface area (Å²) >= 11 is 6.28. The zero-order chi connectivity index (χ0) is 20.2. The van der Waals surface area contributed by atoms with E-state index in [4.69, 9.17) is 16.7 Å². The highest BCUT2D eigenvalue weighted by Crippen LogP contribution is 2.38. The molecule has 6 rings (SSSR count). The van der Waals surface area contributed by atoms with Gasteiger partial charge in [0.1, 0.15) is 17.4 Å². The second-order valence-electron chi connectivity index (χ2n) is 7.09. The van der Waals surface area contributed by atoms with E-state index in [9.17, 15) is 4.79 Å². The van der Waals surface area contributed by atoms with Gasteiger partial charge in [-0.25, -0.2) is 19.5 Å². The van der Waals surface area contributed by atoms with E-state index in [1.807, 2.05) is 30.3 Å². The molecule has 9 nitrogen and oxygen atoms in total. The van der Waals surface area contributed by atoms with Crippen LogP contribution in [0.3, 0.4) is 0 Å². The van der Waals surface area contributed by atoms with Crippen molar-refractivity contribution in [3.8, 4) is 5.69 Å². The van der Waals surface area contributed by atoms with Crippen LogP contribution in [0.4, 0.5) is 5.82 Å². The minimum Gasteiger partial charge on any atom is -0.344 e. The highest BCUT2D eigenvalue weighted by atomic mass is 35.5. The van der Waals surface area contributed by atoms with Gasteiger partial charge >= 0.3 is 0 Å². The van der Waals surface area contributed by atoms with E-state index in [2.05, 4.69) is 24.8 Å². The Morgan fingerprint density at radius 3 is 2.77 bits per heavy atom. The third kappa shape index (κ3) is 2.38. The molecule has 4 aromatic heterocycles. The monoisotopic (exact) mass is 418 g/mol. The molecule has 5 heterocycles. The minimum atomic E-state index is -0.208. The van der Waals surface area contributed by atoms with Crippen LogP contribution in [0.15, 0.2) is 60.0 Å². The molecule has 1 aliphatic heterocycles. The van der Waals surface area contributed by atoms with Gasteiger partial charge in [0, 0.05) is 12.7 Å². The molecular weight excluding hydrogens is 404 g/mol. The van der Waals surface area contributed by atoms with Crippen LogP contribution in [0, 0.1) is 0 Å². The van der Waals surface area contributed by atoms with Crippen molar-refractivity contribution in [3.05, 3.63) is 76.5 Å². The number of H-pyrrole nitrogens is 1. The molecular formula is C20H15ClN8O. The Morgan fingerprint density at radius 2 is 1.97 bits per heavy atom. The number of aromatic nitrogens is 7. The average molecular weight is 419 g/mol. The molecule has 1 N–H and O–H groups in total. The fourth-order valence-corrected chi connectivity index (χ4v) is 4.18. The molecule has 1 aromatic carbocycles. The van der Waals surface area contributed by atoms with Crippen LogP contribution in [0.1, 0.15) is 18.3 Å². The summed E-state index contributed by atoms with van der Waals surface area (Å²) in [6.45, 7) is 0.777. The number of para-hydroxylation sites is 1. The van der Waals surface area contributed by atoms with E-state index in [0.717, 1.165) is 24.5 Å². The Balaban J connectivity index is 1.57. The van der Waals surface area contributed by atoms with Gasteiger partial charge in [0.25, 0.3) is 5.56 Å². The van der Waals surface area contributed by atoms with Crippen LogP contribution in [-0.4, -0.2) is 40.7 Å². The van der Waals surface area contributed by atoms with Crippen LogP contribution < -0.4 is 10.5 Å². The van der Waals surface area contributed by atoms with Gasteiger partial charge in [-0.15, -0.1) is 0 Å². The third-order valence-electron chi connectivity index (χ3n) is 5.46. The number of anilines is 1. The highest BCUT2D eigenvalue weighted by molar-refractivity contribution is 6.33. The summed E-state index contributed by atoms with van der Waals surface area (Å²) in [4.78, 5) is 31.6. The van der Waals surface area contributed by atoms with Crippen molar-refractivity contribution < 1.29 is 0 Å². The number of rotatable bonds is 3. The van der Waals surface area contributed by atoms with Gasteiger partial charge in [-0.1, -0.05) is 29.8 Å². The minimum absolute atomic E-state index is 0.140. The number of aromatic amines is 1. The van der Waals surface area contributed by atoms with Gasteiger partial charge in [0.05, 0.1) is 23.1 Å². The molecule has 1 fully saturated rings. The van der Waals surface area contributed by atoms with E-state index >= 15 is 0 Å². The number of nitrogens with zero attached hydrogens (tertiary/aromatic N) is 7. The quantitative estimate of drug-likeness (QED) is 0.484. The first kappa shape index (κ1) is 17.2. The molecule has 1 aliphatic rings. The van der Waals surface area contributed by atoms with E-state index < -0.39 is 0 Å². The largest absolute Gasteiger partial charge is 0.344 e. The second-order valence-corrected chi connectivity index (χ2v) is 7.49. The predicted molar refractivity (Wildman–Crippen MR) is 112 cm³/mol. The number of halogens is 1. The summed E-state index contributed by atoms with van der Waals surface area (Å²) in [5.74, 6) is 1.34. The van der Waals surface area contributed by atoms with Crippen LogP contribution in [-0.2, 0) is 0 Å². The van der Waals surface area contributed by atoms with Crippen LogP contribution >= 0.6 is 11.6 Å². The van der Waals surface area contributed by atoms with E-state index in [0.29, 0.717) is 27.5 Å². The van der Waals surface area contributed by atoms with E-state index in [1.165, 1.54) is 6.33 Å². The maximum atomic E-state index is 13.4. The number of hydrogen-bond acceptors (Lipinski definition) is 6. The van der Waals surface area contributed by atoms with E-state index in [1.54, 1.807) is 27.7 Å². The summed E-state index contributed by atoms with van der Waals surface area (Å²) in [6.07, 6.45) is 5.65. The molecule has 0 spiro atoms. The van der Waals surface area contributed by atoms with Crippen molar-refractivity contribution in [1.82, 2.24) is 34.1 Å². The first-order chi connectivity index (χ1) is 14.7. The van der Waals surface area contributed by atoms with Gasteiger partial charge in [0.15, 0.2) is 17.3 Å². The number of benzene rings is 1. The third-order valence-corrected chi connectivity index (χ3v) is 5.77. The lowest BCUT2D eigenvalue weighted by Crippen LogP contribution is -2.45. The fraction of sp³-hybridized carbons (Fsp3) is 0.150. The zero-order valence-corrected chi connectivity index (χ0v) is 16.4. The average Bonchev–Trinajstić information content (AvgIpc) is 3.35. The normalized spacial score (nSPS) is 16.3. The summed E-state index contributed by atoms with van der Waals surface area (Å²) < 4.78 is 3.20. The highest BCUT2D eigenvalue weighted by Gasteiger charge is 2.36. The van der Waals surface area contributed by atoms with E-state index in [-0.39, 0.29) is 11.6 Å². The summed E-state index contributed by atoms with van der Waals surface area (Å²) in [7, 11) is 0. The molecule has 0 aliphatic carbocycles. The van der Waals surface area contributed by atoms with Crippen molar-refractivity contribution in [3.63, 3.8) is 0 Å². The molecule has 0 saturated carbocycles. The molecule has 0 amide bonds. The van der Waals surface area contributed by atoms with Gasteiger partial charge in [-0.3, -0.25) is 9.36 Å². The smallest absolute Gasteiger partial charge is 0.284 e. The maximum absolute atomic E-state index is 13.4. The Kier molecular flexibility index (Phi) is 3.66. The lowest BCUT2D eigenvalue weighted by Gasteiger charge is -2.41. The summed E-state index contributed by atoms with van der Waals surface area (Å²) in [6, 6.07) is 11.0. The SMILES string of the molecule is O=c1c2c(Cl)ccn2nc([C@@H]2CCN2c2ncnc3[nH]cnc23)n1-c1ccccc1. The second kappa shape index (κ2) is 6.39. The molecule has 1 atom stereocenters. The maximum Gasteiger partial charge on any atom is 0.284 e. The number of imidazole rings is 1. The Morgan fingerprint density at radius 1 is 1.10 bits per heavy atom. The lowest BCUT2D eigenvalue weighted by molar-refractivity contribution is 0.424. The summed E-state index contributed by atoms with van der Waals surface area (Å²) in [5, 5.41) is 5.16. The number of hydrogen-bond donors (Lipinski definition) is 1. The predicted octanol–water partition coefficient (Wildman–Crippen LogP) is 2.76. The topological polar surface area (TPSA) is 97.0 Å². The van der Waals surface area contributed by atoms with Crippen molar-refractivity contribution in [1.29, 1.82) is 0 Å². The van der Waals surface area contributed by atoms with Crippen molar-refractivity contribution >= 4 is 34.1 Å². The van der Waals surface area contributed by atoms with Crippen molar-refractivity contribution in [2.45, 2.75) is 12.5 Å². The van der Waals surface area contributed by atoms with Gasteiger partial charge < -0.3 is 9.88 Å². The first-order valence-electron chi connectivity index (χ1n) is 9.48. The van der Waals surface area contributed by atoms with Crippen LogP contribution in [0.25, 0.3) is 22.4 Å². The molecule has 0 bridgehead atoms. The number of nitrogens with one attached hydrogen (secondary N) is 1. The zero-order valence-electron chi connectivity index (χ0n) is 15.6. The summed E-state index contributed by atoms with van der Waals surface area (Å²) in [5.41, 5.74) is 2.25. The van der Waals surface area contributed by atoms with Crippen molar-refractivity contribution in [2.24, 2.45) is 0 Å². The lowest BCUT2D eigenvalue weighted by atomic mass is 10.0. The van der Waals surface area contributed by atoms with Crippen LogP contribution in [0.2, 0.25) is 5.02 Å². The molecule has 1 saturated heterocycles. The molecule has 0 radical (unpaired) electrons. The molecule has 148 valence electrons. The van der Waals surface area contributed by atoms with Gasteiger partial charge in [-0.2, -0.15) is 5.10 Å². The Hall–Kier alpha value is -3.72. The molecule has 30 heavy (non-hydrogen) atoms. The van der Waals surface area contributed by atoms with Crippen LogP contribution in [0.5, 0.6) is 0 Å². The van der Waals surface area contributed by atoms with Gasteiger partial charge in [0.2, 0.25) is 0 Å². The molecule has 0 unspecified atom stereocenters. The standard InChI is InChI=1S/C20H15ClN8O/c21-13-6-9-28-16(13)20(30)29(12-4-2-1-3-5-12)18(26-28)14-7-8-27(14)19-15-17(23-10-22-15)24-11-25-19/h1-6,9-11,14H,7-8H2,(H,22,23,24,25)/t14-/m0/s1. The Labute approximate surface area is 174 Å².